The highest BCUT2D eigenvalue weighted by atomic mass is 16.5. The molecule has 2 aromatic heterocycles. The van der Waals surface area contributed by atoms with Crippen LogP contribution in [-0.2, 0) is 0 Å². The van der Waals surface area contributed by atoms with Crippen molar-refractivity contribution in [3.63, 3.8) is 0 Å². The van der Waals surface area contributed by atoms with E-state index in [1.54, 1.807) is 6.07 Å². The van der Waals surface area contributed by atoms with Crippen molar-refractivity contribution < 1.29 is 23.5 Å². The molecule has 0 aliphatic heterocycles. The molecule has 0 atom stereocenters. The van der Waals surface area contributed by atoms with Gasteiger partial charge in [0.15, 0.2) is 11.5 Å². The maximum Gasteiger partial charge on any atom is 0.274 e. The monoisotopic (exact) mass is 372 g/mol. The zero-order valence-corrected chi connectivity index (χ0v) is 14.7. The van der Waals surface area contributed by atoms with Crippen molar-refractivity contribution in [3.8, 4) is 11.5 Å². The maximum absolute atomic E-state index is 12.4. The third-order valence-corrected chi connectivity index (χ3v) is 3.83. The first-order valence-corrected chi connectivity index (χ1v) is 7.75. The Morgan fingerprint density at radius 2 is 1.81 bits per heavy atom. The van der Waals surface area contributed by atoms with Gasteiger partial charge in [0.25, 0.3) is 17.4 Å². The average molecular weight is 372 g/mol. The summed E-state index contributed by atoms with van der Waals surface area (Å²) in [6.07, 6.45) is 1.17. The molecule has 27 heavy (non-hydrogen) atoms. The number of nitrogens with zero attached hydrogens (tertiary/aromatic N) is 1. The number of amides is 2. The van der Waals surface area contributed by atoms with E-state index in [1.165, 1.54) is 39.6 Å². The molecule has 0 fully saturated rings. The Bertz CT molecular complexity index is 1080. The van der Waals surface area contributed by atoms with Gasteiger partial charge in [-0.05, 0) is 25.1 Å². The van der Waals surface area contributed by atoms with E-state index in [0.717, 1.165) is 0 Å². The van der Waals surface area contributed by atoms with Gasteiger partial charge in [0.1, 0.15) is 11.1 Å². The smallest absolute Gasteiger partial charge is 0.274 e. The lowest BCUT2D eigenvalue weighted by Crippen LogP contribution is -2.42. The number of benzene rings is 1. The quantitative estimate of drug-likeness (QED) is 0.579. The van der Waals surface area contributed by atoms with Gasteiger partial charge in [-0.3, -0.25) is 25.2 Å². The Labute approximate surface area is 152 Å². The summed E-state index contributed by atoms with van der Waals surface area (Å²) in [6, 6.07) is 4.54. The van der Waals surface area contributed by atoms with Crippen molar-refractivity contribution in [2.45, 2.75) is 6.92 Å². The molecule has 1 aromatic carbocycles. The molecule has 0 saturated heterocycles. The molecule has 140 valence electrons. The molecule has 0 aliphatic rings. The number of aromatic nitrogens is 2. The lowest BCUT2D eigenvalue weighted by molar-refractivity contribution is 0.0846. The molecule has 0 saturated carbocycles. The van der Waals surface area contributed by atoms with Gasteiger partial charge in [-0.25, -0.2) is 4.98 Å². The van der Waals surface area contributed by atoms with Gasteiger partial charge in [-0.15, -0.1) is 0 Å². The van der Waals surface area contributed by atoms with Crippen molar-refractivity contribution in [1.29, 1.82) is 0 Å². The number of hydrogen-bond donors (Lipinski definition) is 3. The Morgan fingerprint density at radius 3 is 2.52 bits per heavy atom. The minimum atomic E-state index is -0.710. The van der Waals surface area contributed by atoms with Gasteiger partial charge in [0.2, 0.25) is 5.71 Å². The predicted octanol–water partition coefficient (Wildman–Crippen LogP) is 0.917. The molecule has 3 rings (SSSR count). The molecule has 2 heterocycles. The summed E-state index contributed by atoms with van der Waals surface area (Å²) < 4.78 is 15.6. The van der Waals surface area contributed by atoms with Crippen LogP contribution in [0.1, 0.15) is 26.5 Å². The number of rotatable bonds is 4. The molecule has 0 bridgehead atoms. The summed E-state index contributed by atoms with van der Waals surface area (Å²) in [5, 5.41) is 0.00728. The van der Waals surface area contributed by atoms with Crippen molar-refractivity contribution in [3.05, 3.63) is 51.8 Å². The van der Waals surface area contributed by atoms with E-state index in [-0.39, 0.29) is 28.0 Å². The van der Waals surface area contributed by atoms with Crippen molar-refractivity contribution in [2.24, 2.45) is 0 Å². The van der Waals surface area contributed by atoms with Crippen molar-refractivity contribution in [2.75, 3.05) is 14.2 Å². The lowest BCUT2D eigenvalue weighted by atomic mass is 10.2. The number of hydrogen-bond acceptors (Lipinski definition) is 7. The number of aromatic amines is 1. The number of fused-ring (bicyclic) bond motifs is 1. The van der Waals surface area contributed by atoms with E-state index >= 15 is 0 Å². The summed E-state index contributed by atoms with van der Waals surface area (Å²) in [4.78, 5) is 42.9. The number of aryl methyl sites for hydroxylation is 1. The van der Waals surface area contributed by atoms with Crippen LogP contribution in [0.25, 0.3) is 11.1 Å². The van der Waals surface area contributed by atoms with Gasteiger partial charge in [0.05, 0.1) is 26.1 Å². The molecule has 2 amide bonds. The molecule has 10 heteroatoms. The first-order chi connectivity index (χ1) is 13.0. The predicted molar refractivity (Wildman–Crippen MR) is 93.8 cm³/mol. The van der Waals surface area contributed by atoms with Crippen LogP contribution in [0, 0.1) is 6.92 Å². The molecule has 0 spiro atoms. The number of carbonyl (C=O) groups excluding carboxylic acids is 2. The lowest BCUT2D eigenvalue weighted by Gasteiger charge is -2.10. The largest absolute Gasteiger partial charge is 0.493 e. The van der Waals surface area contributed by atoms with Crippen LogP contribution in [0.15, 0.2) is 33.7 Å². The molecule has 0 radical (unpaired) electrons. The number of nitrogens with one attached hydrogen (secondary N) is 3. The Morgan fingerprint density at radius 1 is 1.11 bits per heavy atom. The first-order valence-electron chi connectivity index (χ1n) is 7.75. The summed E-state index contributed by atoms with van der Waals surface area (Å²) in [7, 11) is 2.92. The second kappa shape index (κ2) is 7.20. The SMILES string of the molecule is COc1ccc(C(=O)NNC(=O)c2c(C)oc3nc[nH]c(=O)c23)cc1OC. The summed E-state index contributed by atoms with van der Waals surface area (Å²) in [5.41, 5.74) is 4.28. The summed E-state index contributed by atoms with van der Waals surface area (Å²) in [5.74, 6) is -0.261. The number of methoxy groups -OCH3 is 2. The van der Waals surface area contributed by atoms with Crippen molar-refractivity contribution in [1.82, 2.24) is 20.8 Å². The van der Waals surface area contributed by atoms with Gasteiger partial charge < -0.3 is 18.9 Å². The highest BCUT2D eigenvalue weighted by Gasteiger charge is 2.22. The van der Waals surface area contributed by atoms with Gasteiger partial charge in [-0.2, -0.15) is 0 Å². The van der Waals surface area contributed by atoms with Crippen LogP contribution in [0.5, 0.6) is 11.5 Å². The first kappa shape index (κ1) is 18.0. The second-order valence-corrected chi connectivity index (χ2v) is 5.42. The number of hydrazine groups is 1. The molecule has 3 aromatic rings. The summed E-state index contributed by atoms with van der Waals surface area (Å²) >= 11 is 0. The number of furan rings is 1. The van der Waals surface area contributed by atoms with Crippen molar-refractivity contribution >= 4 is 22.9 Å². The van der Waals surface area contributed by atoms with E-state index in [2.05, 4.69) is 20.8 Å². The normalized spacial score (nSPS) is 10.5. The van der Waals surface area contributed by atoms with Crippen LogP contribution in [0.4, 0.5) is 0 Å². The van der Waals surface area contributed by atoms with Crippen LogP contribution in [-0.4, -0.2) is 36.0 Å². The van der Waals surface area contributed by atoms with Crippen LogP contribution >= 0.6 is 0 Å². The van der Waals surface area contributed by atoms with Crippen LogP contribution in [0.3, 0.4) is 0 Å². The number of ether oxygens (including phenoxy) is 2. The van der Waals surface area contributed by atoms with E-state index in [4.69, 9.17) is 13.9 Å². The molecule has 0 aliphatic carbocycles. The summed E-state index contributed by atoms with van der Waals surface area (Å²) in [6.45, 7) is 1.52. The fourth-order valence-corrected chi connectivity index (χ4v) is 2.55. The van der Waals surface area contributed by atoms with E-state index < -0.39 is 17.4 Å². The minimum absolute atomic E-state index is 0.00728. The molecular formula is C17H16N4O6. The molecule has 0 unspecified atom stereocenters. The number of carbonyl (C=O) groups is 2. The third kappa shape index (κ3) is 3.32. The Kier molecular flexibility index (Phi) is 4.79. The molecular weight excluding hydrogens is 356 g/mol. The maximum atomic E-state index is 12.4. The third-order valence-electron chi connectivity index (χ3n) is 3.83. The van der Waals surface area contributed by atoms with Gasteiger partial charge >= 0.3 is 0 Å². The fourth-order valence-electron chi connectivity index (χ4n) is 2.55. The second-order valence-electron chi connectivity index (χ2n) is 5.42. The zero-order valence-electron chi connectivity index (χ0n) is 14.7. The van der Waals surface area contributed by atoms with Gasteiger partial charge in [-0.1, -0.05) is 0 Å². The van der Waals surface area contributed by atoms with E-state index in [1.807, 2.05) is 0 Å². The average Bonchev–Trinajstić information content (AvgIpc) is 3.02. The van der Waals surface area contributed by atoms with Gasteiger partial charge in [0, 0.05) is 5.56 Å². The Hall–Kier alpha value is -3.82. The van der Waals surface area contributed by atoms with E-state index in [9.17, 15) is 14.4 Å². The standard InChI is InChI=1S/C17H16N4O6/c1-8-12(13-15(23)18-7-19-17(13)27-8)16(24)21-20-14(22)9-4-5-10(25-2)11(6-9)26-3/h4-7H,1-3H3,(H,20,22)(H,21,24)(H,18,19,23). The zero-order chi connectivity index (χ0) is 19.6. The number of H-pyrrole nitrogens is 1. The highest BCUT2D eigenvalue weighted by molar-refractivity contribution is 6.07. The molecule has 3 N–H and O–H groups in total. The van der Waals surface area contributed by atoms with Crippen LogP contribution < -0.4 is 25.9 Å². The minimum Gasteiger partial charge on any atom is -0.493 e. The topological polar surface area (TPSA) is 136 Å². The highest BCUT2D eigenvalue weighted by Crippen LogP contribution is 2.27. The molecule has 10 nitrogen and oxygen atoms in total. The Balaban J connectivity index is 1.79. The van der Waals surface area contributed by atoms with E-state index in [0.29, 0.717) is 11.5 Å². The fraction of sp³-hybridized carbons (Fsp3) is 0.176. The van der Waals surface area contributed by atoms with Crippen LogP contribution in [0.2, 0.25) is 0 Å².